The first-order valence-corrected chi connectivity index (χ1v) is 5.33. The van der Waals surface area contributed by atoms with E-state index in [0.29, 0.717) is 12.2 Å². The van der Waals surface area contributed by atoms with E-state index in [0.717, 1.165) is 6.42 Å². The maximum Gasteiger partial charge on any atom is 0.273 e. The predicted octanol–water partition coefficient (Wildman–Crippen LogP) is -0.359. The van der Waals surface area contributed by atoms with Crippen molar-refractivity contribution < 1.29 is 9.59 Å². The third-order valence-electron chi connectivity index (χ3n) is 2.10. The fourth-order valence-corrected chi connectivity index (χ4v) is 2.47. The van der Waals surface area contributed by atoms with E-state index in [1.54, 1.807) is 0 Å². The average Bonchev–Trinajstić information content (AvgIpc) is 2.50. The van der Waals surface area contributed by atoms with E-state index in [1.165, 1.54) is 11.8 Å². The zero-order valence-electron chi connectivity index (χ0n) is 7.95. The van der Waals surface area contributed by atoms with Crippen molar-refractivity contribution in [2.24, 2.45) is 16.5 Å². The summed E-state index contributed by atoms with van der Waals surface area (Å²) in [6, 6.07) is 0. The van der Waals surface area contributed by atoms with E-state index in [2.05, 4.69) is 4.99 Å². The highest BCUT2D eigenvalue weighted by Gasteiger charge is 2.41. The standard InChI is InChI=1S/C8H13N3O2S/c1-2-3-8(7(10)13)4-14-6(11-8)5(9)12/h2-4H2,1H3,(H2,9,12)(H2,10,13). The molecule has 1 aliphatic rings. The van der Waals surface area contributed by atoms with Crippen LogP contribution in [0.2, 0.25) is 0 Å². The molecule has 78 valence electrons. The van der Waals surface area contributed by atoms with Crippen molar-refractivity contribution in [3.8, 4) is 0 Å². The van der Waals surface area contributed by atoms with Crippen molar-refractivity contribution in [1.29, 1.82) is 0 Å². The Labute approximate surface area is 86.3 Å². The minimum Gasteiger partial charge on any atom is -0.368 e. The second-order valence-corrected chi connectivity index (χ2v) is 4.18. The fourth-order valence-electron chi connectivity index (χ4n) is 1.36. The van der Waals surface area contributed by atoms with Crippen LogP contribution in [0.1, 0.15) is 19.8 Å². The summed E-state index contributed by atoms with van der Waals surface area (Å²) >= 11 is 1.20. The highest BCUT2D eigenvalue weighted by atomic mass is 32.2. The molecule has 0 radical (unpaired) electrons. The van der Waals surface area contributed by atoms with Crippen LogP contribution in [0, 0.1) is 0 Å². The minimum atomic E-state index is -0.913. The number of nitrogens with zero attached hydrogens (tertiary/aromatic N) is 1. The van der Waals surface area contributed by atoms with Crippen molar-refractivity contribution in [2.45, 2.75) is 25.3 Å². The fraction of sp³-hybridized carbons (Fsp3) is 0.625. The molecule has 0 fully saturated rings. The maximum absolute atomic E-state index is 11.2. The molecule has 1 atom stereocenters. The molecule has 0 aliphatic carbocycles. The second-order valence-electron chi connectivity index (χ2n) is 3.22. The smallest absolute Gasteiger partial charge is 0.273 e. The number of nitrogens with two attached hydrogens (primary N) is 2. The van der Waals surface area contributed by atoms with Crippen LogP contribution in [0.25, 0.3) is 0 Å². The van der Waals surface area contributed by atoms with Gasteiger partial charge in [-0.2, -0.15) is 0 Å². The number of rotatable bonds is 4. The average molecular weight is 215 g/mol. The third-order valence-corrected chi connectivity index (χ3v) is 3.28. The van der Waals surface area contributed by atoms with Crippen molar-refractivity contribution in [2.75, 3.05) is 5.75 Å². The maximum atomic E-state index is 11.2. The van der Waals surface area contributed by atoms with Gasteiger partial charge >= 0.3 is 0 Å². The molecule has 1 unspecified atom stereocenters. The van der Waals surface area contributed by atoms with Gasteiger partial charge < -0.3 is 11.5 Å². The summed E-state index contributed by atoms with van der Waals surface area (Å²) in [5.74, 6) is -0.647. The molecular formula is C8H13N3O2S. The Morgan fingerprint density at radius 2 is 2.21 bits per heavy atom. The lowest BCUT2D eigenvalue weighted by molar-refractivity contribution is -0.122. The molecule has 0 saturated carbocycles. The Bertz CT molecular complexity index is 303. The lowest BCUT2D eigenvalue weighted by Crippen LogP contribution is -2.42. The molecule has 0 bridgehead atoms. The first-order valence-electron chi connectivity index (χ1n) is 4.34. The van der Waals surface area contributed by atoms with E-state index >= 15 is 0 Å². The predicted molar refractivity (Wildman–Crippen MR) is 55.9 cm³/mol. The van der Waals surface area contributed by atoms with Crippen molar-refractivity contribution in [3.63, 3.8) is 0 Å². The SMILES string of the molecule is CCCC1(C(N)=O)CSC(C(N)=O)=N1. The van der Waals surface area contributed by atoms with Crippen LogP contribution in [0.5, 0.6) is 0 Å². The highest BCUT2D eigenvalue weighted by Crippen LogP contribution is 2.31. The van der Waals surface area contributed by atoms with Crippen LogP contribution in [-0.2, 0) is 9.59 Å². The van der Waals surface area contributed by atoms with E-state index in [1.807, 2.05) is 6.92 Å². The molecule has 0 aromatic carbocycles. The van der Waals surface area contributed by atoms with Crippen LogP contribution in [0.4, 0.5) is 0 Å². The number of hydrogen-bond donors (Lipinski definition) is 2. The summed E-state index contributed by atoms with van der Waals surface area (Å²) in [7, 11) is 0. The molecule has 14 heavy (non-hydrogen) atoms. The number of hydrogen-bond acceptors (Lipinski definition) is 4. The van der Waals surface area contributed by atoms with E-state index < -0.39 is 17.4 Å². The van der Waals surface area contributed by atoms with E-state index in [4.69, 9.17) is 11.5 Å². The van der Waals surface area contributed by atoms with Gasteiger partial charge in [0.05, 0.1) is 0 Å². The summed E-state index contributed by atoms with van der Waals surface area (Å²) in [6.07, 6.45) is 1.35. The van der Waals surface area contributed by atoms with Crippen molar-refractivity contribution >= 4 is 28.6 Å². The monoisotopic (exact) mass is 215 g/mol. The Morgan fingerprint density at radius 3 is 2.57 bits per heavy atom. The lowest BCUT2D eigenvalue weighted by Gasteiger charge is -2.19. The van der Waals surface area contributed by atoms with Crippen LogP contribution in [0.15, 0.2) is 4.99 Å². The van der Waals surface area contributed by atoms with E-state index in [9.17, 15) is 9.59 Å². The van der Waals surface area contributed by atoms with Crippen molar-refractivity contribution in [3.05, 3.63) is 0 Å². The number of thioether (sulfide) groups is 1. The Balaban J connectivity index is 2.93. The molecule has 1 heterocycles. The molecule has 5 nitrogen and oxygen atoms in total. The number of primary amides is 2. The molecule has 6 heteroatoms. The van der Waals surface area contributed by atoms with Gasteiger partial charge in [-0.05, 0) is 6.42 Å². The van der Waals surface area contributed by atoms with Crippen LogP contribution < -0.4 is 11.5 Å². The normalized spacial score (nSPS) is 25.9. The van der Waals surface area contributed by atoms with Crippen LogP contribution in [0.3, 0.4) is 0 Å². The van der Waals surface area contributed by atoms with Gasteiger partial charge in [-0.25, -0.2) is 0 Å². The molecule has 2 amide bonds. The van der Waals surface area contributed by atoms with Crippen molar-refractivity contribution in [1.82, 2.24) is 0 Å². The van der Waals surface area contributed by atoms with Gasteiger partial charge in [0.2, 0.25) is 5.91 Å². The summed E-state index contributed by atoms with van der Waals surface area (Å²) in [5.41, 5.74) is 9.43. The largest absolute Gasteiger partial charge is 0.368 e. The Hall–Kier alpha value is -1.04. The summed E-state index contributed by atoms with van der Waals surface area (Å²) in [5, 5.41) is 0.206. The Morgan fingerprint density at radius 1 is 1.57 bits per heavy atom. The molecule has 0 saturated heterocycles. The van der Waals surface area contributed by atoms with Crippen LogP contribution in [-0.4, -0.2) is 28.1 Å². The molecule has 0 aromatic heterocycles. The van der Waals surface area contributed by atoms with Gasteiger partial charge in [-0.3, -0.25) is 14.6 Å². The molecule has 4 N–H and O–H groups in total. The summed E-state index contributed by atoms with van der Waals surface area (Å²) < 4.78 is 0. The first kappa shape index (κ1) is 11.0. The Kier molecular flexibility index (Phi) is 3.15. The number of aliphatic imine (C=N–C) groups is 1. The second kappa shape index (κ2) is 4.00. The first-order chi connectivity index (χ1) is 6.52. The zero-order valence-corrected chi connectivity index (χ0v) is 8.76. The molecule has 1 rings (SSSR count). The van der Waals surface area contributed by atoms with Gasteiger partial charge in [-0.1, -0.05) is 25.1 Å². The number of amides is 2. The molecule has 0 spiro atoms. The highest BCUT2D eigenvalue weighted by molar-refractivity contribution is 8.16. The van der Waals surface area contributed by atoms with Gasteiger partial charge in [0.1, 0.15) is 5.54 Å². The summed E-state index contributed by atoms with van der Waals surface area (Å²) in [4.78, 5) is 26.1. The van der Waals surface area contributed by atoms with Crippen LogP contribution >= 0.6 is 11.8 Å². The molecule has 0 aromatic rings. The number of carbonyl (C=O) groups is 2. The van der Waals surface area contributed by atoms with Gasteiger partial charge in [0.25, 0.3) is 5.91 Å². The number of carbonyl (C=O) groups excluding carboxylic acids is 2. The van der Waals surface area contributed by atoms with Gasteiger partial charge in [-0.15, -0.1) is 0 Å². The lowest BCUT2D eigenvalue weighted by atomic mass is 9.96. The van der Waals surface area contributed by atoms with E-state index in [-0.39, 0.29) is 5.04 Å². The quantitative estimate of drug-likeness (QED) is 0.670. The summed E-state index contributed by atoms with van der Waals surface area (Å²) in [6.45, 7) is 1.94. The zero-order chi connectivity index (χ0) is 10.8. The topological polar surface area (TPSA) is 98.5 Å². The minimum absolute atomic E-state index is 0.206. The third kappa shape index (κ3) is 1.89. The molecular weight excluding hydrogens is 202 g/mol. The van der Waals surface area contributed by atoms with Gasteiger partial charge in [0, 0.05) is 5.75 Å². The van der Waals surface area contributed by atoms with Gasteiger partial charge in [0.15, 0.2) is 5.04 Å². The molecule has 1 aliphatic heterocycles.